The van der Waals surface area contributed by atoms with Gasteiger partial charge < -0.3 is 9.26 Å². The maximum Gasteiger partial charge on any atom is 0.213 e. The minimum Gasteiger partial charge on any atom is -0.484 e. The van der Waals surface area contributed by atoms with Gasteiger partial charge in [0, 0.05) is 5.56 Å². The van der Waals surface area contributed by atoms with Gasteiger partial charge in [-0.15, -0.1) is 0 Å². The van der Waals surface area contributed by atoms with Crippen molar-refractivity contribution >= 4 is 22.2 Å². The highest BCUT2D eigenvalue weighted by atomic mass is 79.9. The van der Waals surface area contributed by atoms with Crippen molar-refractivity contribution in [2.45, 2.75) is 6.61 Å². The number of rotatable bonds is 4. The van der Waals surface area contributed by atoms with Gasteiger partial charge in [-0.25, -0.2) is 0 Å². The maximum absolute atomic E-state index is 10.5. The molecule has 0 spiro atoms. The summed E-state index contributed by atoms with van der Waals surface area (Å²) in [6, 6.07) is 5.05. The second-order valence-electron chi connectivity index (χ2n) is 2.94. The normalized spacial score (nSPS) is 10.1. The number of hydrogen-bond acceptors (Lipinski definition) is 5. The van der Waals surface area contributed by atoms with Crippen LogP contribution >= 0.6 is 15.9 Å². The van der Waals surface area contributed by atoms with E-state index in [4.69, 9.17) is 4.74 Å². The molecule has 0 aliphatic rings. The van der Waals surface area contributed by atoms with Crippen LogP contribution < -0.4 is 4.74 Å². The molecule has 2 aromatic rings. The van der Waals surface area contributed by atoms with Gasteiger partial charge in [0.2, 0.25) is 12.2 Å². The van der Waals surface area contributed by atoms with Crippen molar-refractivity contribution in [3.05, 3.63) is 40.5 Å². The maximum atomic E-state index is 10.5. The van der Waals surface area contributed by atoms with Gasteiger partial charge in [-0.05, 0) is 34.1 Å². The fourth-order valence-electron chi connectivity index (χ4n) is 1.11. The van der Waals surface area contributed by atoms with Gasteiger partial charge in [0.1, 0.15) is 12.0 Å². The predicted molar refractivity (Wildman–Crippen MR) is 58.2 cm³/mol. The van der Waals surface area contributed by atoms with Gasteiger partial charge in [-0.2, -0.15) is 4.98 Å². The summed E-state index contributed by atoms with van der Waals surface area (Å²) in [6.45, 7) is 0.218. The zero-order valence-electron chi connectivity index (χ0n) is 8.09. The molecule has 5 nitrogen and oxygen atoms in total. The molecule has 1 aromatic carbocycles. The molecule has 16 heavy (non-hydrogen) atoms. The van der Waals surface area contributed by atoms with Gasteiger partial charge in [0.15, 0.2) is 6.61 Å². The molecule has 0 N–H and O–H groups in total. The summed E-state index contributed by atoms with van der Waals surface area (Å²) in [5.74, 6) is 1.08. The fourth-order valence-corrected chi connectivity index (χ4v) is 1.62. The van der Waals surface area contributed by atoms with Crippen LogP contribution in [-0.2, 0) is 6.61 Å². The van der Waals surface area contributed by atoms with Gasteiger partial charge >= 0.3 is 0 Å². The lowest BCUT2D eigenvalue weighted by Gasteiger charge is -2.05. The van der Waals surface area contributed by atoms with E-state index in [-0.39, 0.29) is 6.61 Å². The fraction of sp³-hybridized carbons (Fsp3) is 0.100. The lowest BCUT2D eigenvalue weighted by Crippen LogP contribution is -1.98. The smallest absolute Gasteiger partial charge is 0.213 e. The standard InChI is InChI=1S/C10H7BrN2O3/c11-8-3-7(4-14)1-2-9(8)15-5-10-12-6-16-13-10/h1-4,6H,5H2. The van der Waals surface area contributed by atoms with Gasteiger partial charge in [-0.3, -0.25) is 4.79 Å². The quantitative estimate of drug-likeness (QED) is 0.805. The Kier molecular flexibility index (Phi) is 3.31. The lowest BCUT2D eigenvalue weighted by atomic mass is 10.2. The highest BCUT2D eigenvalue weighted by Gasteiger charge is 2.04. The molecule has 0 aliphatic carbocycles. The molecule has 0 unspecified atom stereocenters. The first-order valence-corrected chi connectivity index (χ1v) is 5.21. The molecule has 1 heterocycles. The summed E-state index contributed by atoms with van der Waals surface area (Å²) in [5.41, 5.74) is 0.582. The molecule has 1 aromatic heterocycles. The molecule has 0 saturated carbocycles. The lowest BCUT2D eigenvalue weighted by molar-refractivity contribution is 0.112. The number of hydrogen-bond donors (Lipinski definition) is 0. The molecule has 0 fully saturated rings. The van der Waals surface area contributed by atoms with Gasteiger partial charge in [0.05, 0.1) is 4.47 Å². The molecule has 0 amide bonds. The largest absolute Gasteiger partial charge is 0.484 e. The van der Waals surface area contributed by atoms with Crippen molar-refractivity contribution in [1.82, 2.24) is 10.1 Å². The van der Waals surface area contributed by atoms with Crippen LogP contribution in [0.15, 0.2) is 33.6 Å². The monoisotopic (exact) mass is 282 g/mol. The average molecular weight is 283 g/mol. The van der Waals surface area contributed by atoms with E-state index in [9.17, 15) is 4.79 Å². The Labute approximate surface area is 99.5 Å². The van der Waals surface area contributed by atoms with E-state index < -0.39 is 0 Å². The minimum absolute atomic E-state index is 0.218. The second kappa shape index (κ2) is 4.89. The van der Waals surface area contributed by atoms with Crippen LogP contribution in [-0.4, -0.2) is 16.4 Å². The predicted octanol–water partition coefficient (Wildman–Crippen LogP) is 2.22. The molecular weight excluding hydrogens is 276 g/mol. The van der Waals surface area contributed by atoms with E-state index in [1.165, 1.54) is 6.39 Å². The van der Waals surface area contributed by atoms with Crippen LogP contribution in [0, 0.1) is 0 Å². The van der Waals surface area contributed by atoms with E-state index in [2.05, 4.69) is 30.6 Å². The number of ether oxygens (including phenoxy) is 1. The van der Waals surface area contributed by atoms with Crippen LogP contribution in [0.5, 0.6) is 5.75 Å². The Bertz CT molecular complexity index is 485. The third-order valence-corrected chi connectivity index (χ3v) is 2.48. The topological polar surface area (TPSA) is 65.2 Å². The van der Waals surface area contributed by atoms with Crippen molar-refractivity contribution in [2.24, 2.45) is 0 Å². The van der Waals surface area contributed by atoms with E-state index in [0.29, 0.717) is 21.6 Å². The molecular formula is C10H7BrN2O3. The number of benzene rings is 1. The number of aldehydes is 1. The number of nitrogens with zero attached hydrogens (tertiary/aromatic N) is 2. The van der Waals surface area contributed by atoms with Crippen LogP contribution in [0.2, 0.25) is 0 Å². The van der Waals surface area contributed by atoms with Crippen molar-refractivity contribution < 1.29 is 14.1 Å². The third kappa shape index (κ3) is 2.46. The SMILES string of the molecule is O=Cc1ccc(OCc2ncon2)c(Br)c1. The first-order valence-electron chi connectivity index (χ1n) is 4.42. The Morgan fingerprint density at radius 1 is 1.50 bits per heavy atom. The number of carbonyl (C=O) groups is 1. The summed E-state index contributed by atoms with van der Waals surface area (Å²) in [5, 5.41) is 3.61. The van der Waals surface area contributed by atoms with Crippen molar-refractivity contribution in [2.75, 3.05) is 0 Å². The van der Waals surface area contributed by atoms with Crippen LogP contribution in [0.4, 0.5) is 0 Å². The highest BCUT2D eigenvalue weighted by molar-refractivity contribution is 9.10. The summed E-state index contributed by atoms with van der Waals surface area (Å²) >= 11 is 3.30. The Hall–Kier alpha value is -1.69. The zero-order valence-corrected chi connectivity index (χ0v) is 9.68. The Morgan fingerprint density at radius 3 is 3.00 bits per heavy atom. The minimum atomic E-state index is 0.218. The van der Waals surface area contributed by atoms with E-state index >= 15 is 0 Å². The molecule has 0 atom stereocenters. The van der Waals surface area contributed by atoms with Crippen LogP contribution in [0.3, 0.4) is 0 Å². The number of aromatic nitrogens is 2. The van der Waals surface area contributed by atoms with Crippen molar-refractivity contribution in [1.29, 1.82) is 0 Å². The highest BCUT2D eigenvalue weighted by Crippen LogP contribution is 2.25. The van der Waals surface area contributed by atoms with Crippen LogP contribution in [0.1, 0.15) is 16.2 Å². The Morgan fingerprint density at radius 2 is 2.38 bits per heavy atom. The van der Waals surface area contributed by atoms with Crippen molar-refractivity contribution in [3.63, 3.8) is 0 Å². The number of halogens is 1. The summed E-state index contributed by atoms with van der Waals surface area (Å²) in [6.07, 6.45) is 2.01. The zero-order chi connectivity index (χ0) is 11.4. The van der Waals surface area contributed by atoms with E-state index in [0.717, 1.165) is 6.29 Å². The molecule has 0 radical (unpaired) electrons. The number of carbonyl (C=O) groups excluding carboxylic acids is 1. The molecule has 2 rings (SSSR count). The van der Waals surface area contributed by atoms with Crippen LogP contribution in [0.25, 0.3) is 0 Å². The molecule has 0 aliphatic heterocycles. The molecule has 0 saturated heterocycles. The molecule has 6 heteroatoms. The molecule has 0 bridgehead atoms. The van der Waals surface area contributed by atoms with Gasteiger partial charge in [0.25, 0.3) is 0 Å². The second-order valence-corrected chi connectivity index (χ2v) is 3.80. The molecule has 82 valence electrons. The van der Waals surface area contributed by atoms with Gasteiger partial charge in [-0.1, -0.05) is 5.16 Å². The first kappa shape index (κ1) is 10.8. The summed E-state index contributed by atoms with van der Waals surface area (Å²) in [7, 11) is 0. The summed E-state index contributed by atoms with van der Waals surface area (Å²) in [4.78, 5) is 14.3. The first-order chi connectivity index (χ1) is 7.79. The van der Waals surface area contributed by atoms with Crippen molar-refractivity contribution in [3.8, 4) is 5.75 Å². The van der Waals surface area contributed by atoms with E-state index in [1.54, 1.807) is 18.2 Å². The Balaban J connectivity index is 2.07. The average Bonchev–Trinajstić information content (AvgIpc) is 2.80. The third-order valence-electron chi connectivity index (χ3n) is 1.86. The summed E-state index contributed by atoms with van der Waals surface area (Å²) < 4.78 is 10.7. The van der Waals surface area contributed by atoms with E-state index in [1.807, 2.05) is 0 Å².